The van der Waals surface area contributed by atoms with Gasteiger partial charge in [0.25, 0.3) is 11.8 Å². The Morgan fingerprint density at radius 1 is 0.467 bits per heavy atom. The van der Waals surface area contributed by atoms with E-state index < -0.39 is 12.2 Å². The minimum Gasteiger partial charge on any atom is -0.486 e. The molecule has 0 saturated carbocycles. The maximum absolute atomic E-state index is 13.7. The molecule has 2 fully saturated rings. The van der Waals surface area contributed by atoms with Crippen molar-refractivity contribution in [3.05, 3.63) is 170 Å². The third-order valence-electron chi connectivity index (χ3n) is 10.8. The maximum Gasteiger partial charge on any atom is 0.266 e. The summed E-state index contributed by atoms with van der Waals surface area (Å²) in [7, 11) is 0. The van der Waals surface area contributed by atoms with Gasteiger partial charge in [-0.25, -0.2) is 0 Å². The fourth-order valence-corrected chi connectivity index (χ4v) is 7.99. The molecule has 0 aliphatic carbocycles. The molecule has 0 radical (unpaired) electrons. The zero-order valence-corrected chi connectivity index (χ0v) is 33.4. The summed E-state index contributed by atoms with van der Waals surface area (Å²) in [6.07, 6.45) is 1.87. The normalized spacial score (nSPS) is 18.5. The van der Waals surface area contributed by atoms with Crippen molar-refractivity contribution in [3.63, 3.8) is 0 Å². The number of ether oxygens (including phenoxy) is 6. The minimum atomic E-state index is -0.736. The summed E-state index contributed by atoms with van der Waals surface area (Å²) in [6.45, 7) is 10.1. The standard InChI is InChI=1S/C50H48N2O8/c1-3-29-57-41-23-9-11-25-43(41)59-47-45(39-21-13-17-35-15-5-7-19-37(35)39)51(49(47)53)27-31-55-33-34-56-32-28-52-46(40-22-14-18-36-16-6-8-20-38(36)40)48(50(52)54)60-44-26-12-10-24-42(44)58-30-4-2/h3-26,45-48H,1-2,27-34H2/t45-,46+,47+,48-. The second-order valence-electron chi connectivity index (χ2n) is 14.5. The third kappa shape index (κ3) is 8.43. The number of benzene rings is 6. The first-order chi connectivity index (χ1) is 29.6. The maximum atomic E-state index is 13.7. The number of rotatable bonds is 21. The van der Waals surface area contributed by atoms with Crippen molar-refractivity contribution in [2.45, 2.75) is 24.3 Å². The lowest BCUT2D eigenvalue weighted by atomic mass is 9.87. The number of hydrogen-bond donors (Lipinski definition) is 0. The Morgan fingerprint density at radius 2 is 0.850 bits per heavy atom. The van der Waals surface area contributed by atoms with Gasteiger partial charge in [-0.15, -0.1) is 0 Å². The Bertz CT molecular complexity index is 2290. The fourth-order valence-electron chi connectivity index (χ4n) is 7.99. The molecule has 2 heterocycles. The van der Waals surface area contributed by atoms with Gasteiger partial charge in [0.2, 0.25) is 12.2 Å². The number of hydrogen-bond acceptors (Lipinski definition) is 8. The molecule has 8 rings (SSSR count). The second kappa shape index (κ2) is 19.0. The van der Waals surface area contributed by atoms with E-state index >= 15 is 0 Å². The summed E-state index contributed by atoms with van der Waals surface area (Å²) in [5.41, 5.74) is 2.01. The van der Waals surface area contributed by atoms with Crippen LogP contribution in [0.3, 0.4) is 0 Å². The molecule has 0 aromatic heterocycles. The Labute approximate surface area is 350 Å². The Morgan fingerprint density at radius 3 is 1.28 bits per heavy atom. The van der Waals surface area contributed by atoms with Crippen molar-refractivity contribution in [1.29, 1.82) is 0 Å². The highest BCUT2D eigenvalue weighted by atomic mass is 16.5. The molecule has 306 valence electrons. The smallest absolute Gasteiger partial charge is 0.266 e. The fraction of sp³-hybridized carbons (Fsp3) is 0.240. The van der Waals surface area contributed by atoms with Gasteiger partial charge in [-0.1, -0.05) is 135 Å². The Kier molecular flexibility index (Phi) is 12.7. The monoisotopic (exact) mass is 804 g/mol. The number of β-lactam (4-membered cyclic amide) rings is 2. The number of likely N-dealkylation sites (tertiary alicyclic amines) is 2. The van der Waals surface area contributed by atoms with E-state index in [1.807, 2.05) is 94.7 Å². The van der Waals surface area contributed by atoms with Crippen molar-refractivity contribution >= 4 is 33.4 Å². The van der Waals surface area contributed by atoms with Crippen LogP contribution in [0.15, 0.2) is 159 Å². The quantitative estimate of drug-likeness (QED) is 0.0406. The Balaban J connectivity index is 0.876. The number of amides is 2. The predicted octanol–water partition coefficient (Wildman–Crippen LogP) is 8.52. The van der Waals surface area contributed by atoms with Gasteiger partial charge in [-0.05, 0) is 56.9 Å². The van der Waals surface area contributed by atoms with Gasteiger partial charge in [-0.2, -0.15) is 0 Å². The van der Waals surface area contributed by atoms with Crippen molar-refractivity contribution in [2.75, 3.05) is 52.7 Å². The molecule has 2 amide bonds. The summed E-state index contributed by atoms with van der Waals surface area (Å²) in [5, 5.41) is 4.29. The average Bonchev–Trinajstić information content (AvgIpc) is 3.29. The van der Waals surface area contributed by atoms with E-state index in [-0.39, 0.29) is 23.9 Å². The Hall–Kier alpha value is -6.62. The molecule has 2 aliphatic heterocycles. The van der Waals surface area contributed by atoms with Crippen LogP contribution < -0.4 is 18.9 Å². The van der Waals surface area contributed by atoms with E-state index in [0.29, 0.717) is 75.7 Å². The highest BCUT2D eigenvalue weighted by Gasteiger charge is 2.51. The number of nitrogens with zero attached hydrogens (tertiary/aromatic N) is 2. The number of carbonyl (C=O) groups excluding carboxylic acids is 2. The van der Waals surface area contributed by atoms with Crippen molar-refractivity contribution in [2.24, 2.45) is 0 Å². The highest BCUT2D eigenvalue weighted by molar-refractivity contribution is 5.94. The van der Waals surface area contributed by atoms with E-state index in [9.17, 15) is 9.59 Å². The van der Waals surface area contributed by atoms with Crippen LogP contribution in [0.2, 0.25) is 0 Å². The first-order valence-corrected chi connectivity index (χ1v) is 20.3. The summed E-state index contributed by atoms with van der Waals surface area (Å²) >= 11 is 0. The molecular weight excluding hydrogens is 757 g/mol. The van der Waals surface area contributed by atoms with Crippen LogP contribution in [0.25, 0.3) is 21.5 Å². The lowest BCUT2D eigenvalue weighted by Gasteiger charge is -2.47. The molecular formula is C50H48N2O8. The lowest BCUT2D eigenvalue weighted by molar-refractivity contribution is -0.166. The molecule has 4 atom stereocenters. The summed E-state index contributed by atoms with van der Waals surface area (Å²) < 4.78 is 36.5. The van der Waals surface area contributed by atoms with Crippen LogP contribution in [-0.2, 0) is 19.1 Å². The third-order valence-corrected chi connectivity index (χ3v) is 10.8. The lowest BCUT2D eigenvalue weighted by Crippen LogP contribution is -2.62. The molecule has 0 bridgehead atoms. The molecule has 10 nitrogen and oxygen atoms in total. The zero-order valence-electron chi connectivity index (χ0n) is 33.4. The molecule has 60 heavy (non-hydrogen) atoms. The van der Waals surface area contributed by atoms with Crippen LogP contribution >= 0.6 is 0 Å². The zero-order chi connectivity index (χ0) is 41.3. The topological polar surface area (TPSA) is 96.0 Å². The SMILES string of the molecule is C=CCOc1ccccc1O[C@@H]1C(=O)N(CCOCCOCCN2C(=O)[C@H](Oc3ccccc3OCC=C)[C@@H]2c2cccc3ccccc23)[C@@H]1c1cccc2ccccc12. The van der Waals surface area contributed by atoms with Crippen LogP contribution in [-0.4, -0.2) is 86.6 Å². The summed E-state index contributed by atoms with van der Waals surface area (Å²) in [6, 6.07) is 42.6. The first-order valence-electron chi connectivity index (χ1n) is 20.3. The van der Waals surface area contributed by atoms with Crippen molar-refractivity contribution in [1.82, 2.24) is 9.80 Å². The van der Waals surface area contributed by atoms with Crippen LogP contribution in [0.5, 0.6) is 23.0 Å². The van der Waals surface area contributed by atoms with Gasteiger partial charge >= 0.3 is 0 Å². The number of carbonyl (C=O) groups is 2. The van der Waals surface area contributed by atoms with Gasteiger partial charge in [0, 0.05) is 13.1 Å². The molecule has 10 heteroatoms. The van der Waals surface area contributed by atoms with E-state index in [1.165, 1.54) is 0 Å². The minimum absolute atomic E-state index is 0.124. The second-order valence-corrected chi connectivity index (χ2v) is 14.5. The number of fused-ring (bicyclic) bond motifs is 2. The van der Waals surface area contributed by atoms with E-state index in [4.69, 9.17) is 28.4 Å². The largest absolute Gasteiger partial charge is 0.486 e. The summed E-state index contributed by atoms with van der Waals surface area (Å²) in [4.78, 5) is 31.1. The molecule has 2 aliphatic rings. The van der Waals surface area contributed by atoms with Gasteiger partial charge in [0.05, 0.1) is 26.4 Å². The highest BCUT2D eigenvalue weighted by Crippen LogP contribution is 2.43. The molecule has 0 unspecified atom stereocenters. The average molecular weight is 805 g/mol. The van der Waals surface area contributed by atoms with Gasteiger partial charge in [0.1, 0.15) is 25.3 Å². The molecule has 0 spiro atoms. The van der Waals surface area contributed by atoms with Gasteiger partial charge < -0.3 is 38.2 Å². The summed E-state index contributed by atoms with van der Waals surface area (Å²) in [5.74, 6) is 1.86. The van der Waals surface area contributed by atoms with Crippen LogP contribution in [0.1, 0.15) is 23.2 Å². The van der Waals surface area contributed by atoms with Crippen LogP contribution in [0.4, 0.5) is 0 Å². The molecule has 0 N–H and O–H groups in total. The van der Waals surface area contributed by atoms with E-state index in [1.54, 1.807) is 12.2 Å². The van der Waals surface area contributed by atoms with Crippen molar-refractivity contribution < 1.29 is 38.0 Å². The molecule has 6 aromatic rings. The first kappa shape index (κ1) is 40.2. The molecule has 2 saturated heterocycles. The predicted molar refractivity (Wildman–Crippen MR) is 232 cm³/mol. The van der Waals surface area contributed by atoms with Gasteiger partial charge in [0.15, 0.2) is 23.0 Å². The number of para-hydroxylation sites is 4. The van der Waals surface area contributed by atoms with E-state index in [0.717, 1.165) is 32.7 Å². The van der Waals surface area contributed by atoms with E-state index in [2.05, 4.69) is 61.7 Å². The molecule has 6 aromatic carbocycles. The van der Waals surface area contributed by atoms with Crippen molar-refractivity contribution in [3.8, 4) is 23.0 Å². The van der Waals surface area contributed by atoms with Crippen LogP contribution in [0, 0.1) is 0 Å². The van der Waals surface area contributed by atoms with Gasteiger partial charge in [-0.3, -0.25) is 9.59 Å².